The number of amides is 1. The van der Waals surface area contributed by atoms with E-state index in [0.717, 1.165) is 44.6 Å². The molecule has 0 bridgehead atoms. The summed E-state index contributed by atoms with van der Waals surface area (Å²) >= 11 is 0. The lowest BCUT2D eigenvalue weighted by molar-refractivity contribution is -0.122. The molecule has 0 aromatic heterocycles. The molecule has 20 heavy (non-hydrogen) atoms. The molecule has 0 saturated heterocycles. The van der Waals surface area contributed by atoms with Gasteiger partial charge in [-0.05, 0) is 49.9 Å². The smallest absolute Gasteiger partial charge is 0.237 e. The summed E-state index contributed by atoms with van der Waals surface area (Å²) in [6.45, 7) is 3.54. The third-order valence-electron chi connectivity index (χ3n) is 3.94. The molecule has 4 heteroatoms. The average molecular weight is 274 g/mol. The predicted octanol–water partition coefficient (Wildman–Crippen LogP) is 1.42. The topological polar surface area (TPSA) is 50.4 Å². The Morgan fingerprint density at radius 3 is 3.10 bits per heavy atom. The summed E-state index contributed by atoms with van der Waals surface area (Å²) in [6, 6.07) is 6.71. The minimum atomic E-state index is -0.117. The molecule has 2 aliphatic rings. The van der Waals surface area contributed by atoms with Gasteiger partial charge < -0.3 is 15.4 Å². The van der Waals surface area contributed by atoms with Crippen molar-refractivity contribution in [3.05, 3.63) is 29.3 Å². The summed E-state index contributed by atoms with van der Waals surface area (Å²) < 4.78 is 5.50. The van der Waals surface area contributed by atoms with Gasteiger partial charge in [-0.1, -0.05) is 12.1 Å². The minimum absolute atomic E-state index is 0.117. The summed E-state index contributed by atoms with van der Waals surface area (Å²) in [5.41, 5.74) is 2.61. The Balaban J connectivity index is 1.43. The van der Waals surface area contributed by atoms with Gasteiger partial charge in [0.1, 0.15) is 5.75 Å². The molecule has 1 aromatic carbocycles. The van der Waals surface area contributed by atoms with Crippen LogP contribution < -0.4 is 15.4 Å². The first-order chi connectivity index (χ1) is 9.72. The van der Waals surface area contributed by atoms with E-state index in [-0.39, 0.29) is 11.9 Å². The lowest BCUT2D eigenvalue weighted by Gasteiger charge is -2.13. The molecule has 1 aromatic rings. The van der Waals surface area contributed by atoms with E-state index < -0.39 is 0 Å². The number of hydrogen-bond donors (Lipinski definition) is 2. The highest BCUT2D eigenvalue weighted by atomic mass is 16.5. The number of carbonyl (C=O) groups excluding carboxylic acids is 1. The van der Waals surface area contributed by atoms with Crippen LogP contribution >= 0.6 is 0 Å². The van der Waals surface area contributed by atoms with Crippen molar-refractivity contribution in [2.24, 2.45) is 0 Å². The van der Waals surface area contributed by atoms with Crippen molar-refractivity contribution in [1.29, 1.82) is 0 Å². The van der Waals surface area contributed by atoms with Gasteiger partial charge in [0.15, 0.2) is 0 Å². The number of rotatable bonds is 6. The first-order valence-electron chi connectivity index (χ1n) is 7.51. The van der Waals surface area contributed by atoms with E-state index in [9.17, 15) is 4.79 Å². The number of ether oxygens (including phenoxy) is 1. The van der Waals surface area contributed by atoms with Crippen LogP contribution in [0, 0.1) is 0 Å². The van der Waals surface area contributed by atoms with Gasteiger partial charge in [0.2, 0.25) is 5.91 Å². The van der Waals surface area contributed by atoms with Crippen molar-refractivity contribution in [3.63, 3.8) is 0 Å². The first-order valence-corrected chi connectivity index (χ1v) is 7.51. The summed E-state index contributed by atoms with van der Waals surface area (Å²) in [5.74, 6) is 1.15. The molecule has 4 nitrogen and oxygen atoms in total. The summed E-state index contributed by atoms with van der Waals surface area (Å²) in [6.07, 6.45) is 4.22. The zero-order chi connectivity index (χ0) is 13.9. The molecule has 1 unspecified atom stereocenters. The second-order valence-corrected chi connectivity index (χ2v) is 5.75. The second kappa shape index (κ2) is 5.83. The molecule has 1 aliphatic carbocycles. The van der Waals surface area contributed by atoms with E-state index >= 15 is 0 Å². The van der Waals surface area contributed by atoms with Gasteiger partial charge in [0.25, 0.3) is 0 Å². The minimum Gasteiger partial charge on any atom is -0.493 e. The van der Waals surface area contributed by atoms with Crippen LogP contribution in [0.3, 0.4) is 0 Å². The number of benzene rings is 1. The van der Waals surface area contributed by atoms with Crippen LogP contribution in [0.4, 0.5) is 0 Å². The van der Waals surface area contributed by atoms with E-state index in [1.54, 1.807) is 0 Å². The number of carbonyl (C=O) groups is 1. The van der Waals surface area contributed by atoms with Crippen LogP contribution in [-0.2, 0) is 17.6 Å². The van der Waals surface area contributed by atoms with Crippen LogP contribution in [0.15, 0.2) is 18.2 Å². The zero-order valence-electron chi connectivity index (χ0n) is 11.9. The van der Waals surface area contributed by atoms with E-state index in [4.69, 9.17) is 4.74 Å². The van der Waals surface area contributed by atoms with Crippen molar-refractivity contribution in [2.45, 2.75) is 44.7 Å². The number of hydrogen-bond acceptors (Lipinski definition) is 3. The molecule has 1 aliphatic heterocycles. The van der Waals surface area contributed by atoms with E-state index in [1.165, 1.54) is 11.1 Å². The Morgan fingerprint density at radius 1 is 1.45 bits per heavy atom. The van der Waals surface area contributed by atoms with Crippen molar-refractivity contribution >= 4 is 5.91 Å². The third-order valence-corrected chi connectivity index (χ3v) is 3.94. The van der Waals surface area contributed by atoms with Gasteiger partial charge in [-0.3, -0.25) is 4.79 Å². The molecule has 108 valence electrons. The fourth-order valence-electron chi connectivity index (χ4n) is 2.47. The van der Waals surface area contributed by atoms with Gasteiger partial charge in [-0.25, -0.2) is 0 Å². The van der Waals surface area contributed by atoms with Crippen LogP contribution in [0.25, 0.3) is 0 Å². The third kappa shape index (κ3) is 3.31. The Hall–Kier alpha value is -1.55. The lowest BCUT2D eigenvalue weighted by atomic mass is 10.1. The molecule has 3 rings (SSSR count). The molecular weight excluding hydrogens is 252 g/mol. The van der Waals surface area contributed by atoms with Crippen LogP contribution in [-0.4, -0.2) is 31.1 Å². The molecule has 1 fully saturated rings. The largest absolute Gasteiger partial charge is 0.493 e. The zero-order valence-corrected chi connectivity index (χ0v) is 11.9. The quantitative estimate of drug-likeness (QED) is 0.825. The normalized spacial score (nSPS) is 18.2. The highest BCUT2D eigenvalue weighted by Crippen LogP contribution is 2.25. The summed E-state index contributed by atoms with van der Waals surface area (Å²) in [4.78, 5) is 11.8. The number of fused-ring (bicyclic) bond motifs is 1. The highest BCUT2D eigenvalue weighted by Gasteiger charge is 2.25. The van der Waals surface area contributed by atoms with Gasteiger partial charge in [-0.2, -0.15) is 0 Å². The Morgan fingerprint density at radius 2 is 2.30 bits per heavy atom. The van der Waals surface area contributed by atoms with Gasteiger partial charge in [-0.15, -0.1) is 0 Å². The number of nitrogens with one attached hydrogen (secondary N) is 2. The standard InChI is InChI=1S/C16H22N2O2/c1-11(16(19)18-14-3-4-14)17-8-6-12-2-5-15-13(10-12)7-9-20-15/h2,5,10-11,14,17H,3-4,6-9H2,1H3,(H,18,19). The molecule has 1 amide bonds. The van der Waals surface area contributed by atoms with Gasteiger partial charge >= 0.3 is 0 Å². The molecule has 1 heterocycles. The Bertz CT molecular complexity index is 497. The van der Waals surface area contributed by atoms with Crippen molar-refractivity contribution in [3.8, 4) is 5.75 Å². The molecular formula is C16H22N2O2. The van der Waals surface area contributed by atoms with E-state index in [0.29, 0.717) is 6.04 Å². The Labute approximate surface area is 119 Å². The Kier molecular flexibility index (Phi) is 3.92. The summed E-state index contributed by atoms with van der Waals surface area (Å²) in [5, 5.41) is 6.31. The van der Waals surface area contributed by atoms with Crippen molar-refractivity contribution in [1.82, 2.24) is 10.6 Å². The van der Waals surface area contributed by atoms with Crippen LogP contribution in [0.5, 0.6) is 5.75 Å². The van der Waals surface area contributed by atoms with E-state index in [2.05, 4.69) is 28.8 Å². The molecule has 1 saturated carbocycles. The fraction of sp³-hybridized carbons (Fsp3) is 0.562. The van der Waals surface area contributed by atoms with Crippen LogP contribution in [0.1, 0.15) is 30.9 Å². The maximum Gasteiger partial charge on any atom is 0.237 e. The summed E-state index contributed by atoms with van der Waals surface area (Å²) in [7, 11) is 0. The molecule has 2 N–H and O–H groups in total. The van der Waals surface area contributed by atoms with E-state index in [1.807, 2.05) is 6.92 Å². The maximum absolute atomic E-state index is 11.8. The monoisotopic (exact) mass is 274 g/mol. The SMILES string of the molecule is CC(NCCc1ccc2c(c1)CCO2)C(=O)NC1CC1. The van der Waals surface area contributed by atoms with Crippen molar-refractivity contribution in [2.75, 3.05) is 13.2 Å². The first kappa shape index (κ1) is 13.4. The van der Waals surface area contributed by atoms with Crippen molar-refractivity contribution < 1.29 is 9.53 Å². The van der Waals surface area contributed by atoms with Gasteiger partial charge in [0.05, 0.1) is 12.6 Å². The fourth-order valence-corrected chi connectivity index (χ4v) is 2.47. The van der Waals surface area contributed by atoms with Crippen LogP contribution in [0.2, 0.25) is 0 Å². The lowest BCUT2D eigenvalue weighted by Crippen LogP contribution is -2.43. The molecule has 1 atom stereocenters. The highest BCUT2D eigenvalue weighted by molar-refractivity contribution is 5.81. The predicted molar refractivity (Wildman–Crippen MR) is 78.0 cm³/mol. The molecule has 0 radical (unpaired) electrons. The average Bonchev–Trinajstić information content (AvgIpc) is 3.13. The molecule has 0 spiro atoms. The second-order valence-electron chi connectivity index (χ2n) is 5.75. The van der Waals surface area contributed by atoms with Gasteiger partial charge in [0, 0.05) is 12.5 Å². The maximum atomic E-state index is 11.8.